The van der Waals surface area contributed by atoms with Crippen molar-refractivity contribution in [2.45, 2.75) is 39.3 Å². The first-order valence-corrected chi connectivity index (χ1v) is 8.42. The van der Waals surface area contributed by atoms with Crippen molar-refractivity contribution in [2.75, 3.05) is 38.1 Å². The van der Waals surface area contributed by atoms with Crippen LogP contribution in [-0.2, 0) is 0 Å². The zero-order chi connectivity index (χ0) is 16.8. The highest BCUT2D eigenvalue weighted by Crippen LogP contribution is 2.18. The number of anilines is 1. The lowest BCUT2D eigenvalue weighted by atomic mass is 10.1. The molecule has 0 bridgehead atoms. The molecular weight excluding hydrogens is 292 g/mol. The lowest BCUT2D eigenvalue weighted by Gasteiger charge is -2.43. The normalized spacial score (nSPS) is 19.2. The number of rotatable bonds is 6. The van der Waals surface area contributed by atoms with Crippen molar-refractivity contribution in [3.8, 4) is 0 Å². The first kappa shape index (κ1) is 17.7. The summed E-state index contributed by atoms with van der Waals surface area (Å²) in [5, 5.41) is 11.8. The van der Waals surface area contributed by atoms with Crippen LogP contribution < -0.4 is 5.32 Å². The molecular formula is C17H28N4O2. The molecule has 0 unspecified atom stereocenters. The molecule has 2 rings (SSSR count). The number of aromatic nitrogens is 1. The average Bonchev–Trinajstić information content (AvgIpc) is 2.59. The molecule has 2 N–H and O–H groups in total. The van der Waals surface area contributed by atoms with Crippen LogP contribution >= 0.6 is 0 Å². The highest BCUT2D eigenvalue weighted by Gasteiger charge is 2.30. The molecule has 1 aliphatic rings. The van der Waals surface area contributed by atoms with Crippen molar-refractivity contribution in [2.24, 2.45) is 0 Å². The Morgan fingerprint density at radius 2 is 2.22 bits per heavy atom. The number of hydrogen-bond donors (Lipinski definition) is 2. The van der Waals surface area contributed by atoms with E-state index in [1.165, 1.54) is 0 Å². The van der Waals surface area contributed by atoms with E-state index in [2.05, 4.69) is 36.0 Å². The van der Waals surface area contributed by atoms with Crippen LogP contribution in [0.25, 0.3) is 0 Å². The summed E-state index contributed by atoms with van der Waals surface area (Å²) in [5.74, 6) is 0.722. The molecule has 1 aliphatic heterocycles. The van der Waals surface area contributed by atoms with Gasteiger partial charge in [0.15, 0.2) is 0 Å². The van der Waals surface area contributed by atoms with E-state index < -0.39 is 0 Å². The zero-order valence-electron chi connectivity index (χ0n) is 14.3. The Kier molecular flexibility index (Phi) is 6.36. The largest absolute Gasteiger partial charge is 0.395 e. The molecule has 1 saturated heterocycles. The Labute approximate surface area is 138 Å². The second-order valence-corrected chi connectivity index (χ2v) is 6.23. The number of hydrogen-bond acceptors (Lipinski definition) is 5. The van der Waals surface area contributed by atoms with Crippen LogP contribution in [0.2, 0.25) is 0 Å². The number of nitrogens with one attached hydrogen (secondary N) is 1. The number of amides is 1. The zero-order valence-corrected chi connectivity index (χ0v) is 14.3. The van der Waals surface area contributed by atoms with Crippen molar-refractivity contribution >= 4 is 11.7 Å². The third-order valence-corrected chi connectivity index (χ3v) is 4.38. The Bertz CT molecular complexity index is 504. The van der Waals surface area contributed by atoms with E-state index in [1.54, 1.807) is 18.3 Å². The first-order valence-electron chi connectivity index (χ1n) is 8.42. The van der Waals surface area contributed by atoms with Crippen LogP contribution in [0.15, 0.2) is 18.3 Å². The van der Waals surface area contributed by atoms with E-state index in [0.717, 1.165) is 26.1 Å². The summed E-state index contributed by atoms with van der Waals surface area (Å²) in [4.78, 5) is 21.3. The van der Waals surface area contributed by atoms with E-state index in [4.69, 9.17) is 5.11 Å². The van der Waals surface area contributed by atoms with Gasteiger partial charge in [0, 0.05) is 44.5 Å². The summed E-state index contributed by atoms with van der Waals surface area (Å²) in [6.45, 7) is 9.57. The Balaban J connectivity index is 2.00. The number of pyridine rings is 1. The third kappa shape index (κ3) is 4.42. The third-order valence-electron chi connectivity index (χ3n) is 4.38. The molecule has 128 valence electrons. The van der Waals surface area contributed by atoms with E-state index in [9.17, 15) is 4.79 Å². The molecule has 0 saturated carbocycles. The van der Waals surface area contributed by atoms with Gasteiger partial charge in [0.1, 0.15) is 5.82 Å². The molecule has 1 fully saturated rings. The molecule has 1 amide bonds. The minimum Gasteiger partial charge on any atom is -0.395 e. The van der Waals surface area contributed by atoms with Gasteiger partial charge in [0.05, 0.1) is 12.2 Å². The highest BCUT2D eigenvalue weighted by molar-refractivity contribution is 5.94. The molecule has 1 atom stereocenters. The smallest absolute Gasteiger partial charge is 0.255 e. The number of carbonyl (C=O) groups excluding carboxylic acids is 1. The van der Waals surface area contributed by atoms with E-state index in [-0.39, 0.29) is 12.5 Å². The minimum atomic E-state index is 0.0491. The van der Waals surface area contributed by atoms with E-state index in [1.807, 2.05) is 4.90 Å². The molecule has 1 aromatic heterocycles. The van der Waals surface area contributed by atoms with Crippen LogP contribution in [-0.4, -0.2) is 70.7 Å². The van der Waals surface area contributed by atoms with Crippen molar-refractivity contribution in [3.05, 3.63) is 23.9 Å². The highest BCUT2D eigenvalue weighted by atomic mass is 16.3. The molecule has 0 aromatic carbocycles. The van der Waals surface area contributed by atoms with Crippen LogP contribution in [0, 0.1) is 0 Å². The van der Waals surface area contributed by atoms with Gasteiger partial charge in [-0.15, -0.1) is 0 Å². The molecule has 0 aliphatic carbocycles. The van der Waals surface area contributed by atoms with Crippen molar-refractivity contribution in [3.63, 3.8) is 0 Å². The summed E-state index contributed by atoms with van der Waals surface area (Å²) in [6.07, 6.45) is 2.65. The summed E-state index contributed by atoms with van der Waals surface area (Å²) in [5.41, 5.74) is 0.618. The number of piperazine rings is 1. The van der Waals surface area contributed by atoms with Crippen molar-refractivity contribution in [1.82, 2.24) is 14.8 Å². The molecule has 6 heteroatoms. The first-order chi connectivity index (χ1) is 11.1. The SMILES string of the molecule is CC[C@H]1CN(C(=O)c2ccc(NCCO)nc2)CCN1C(C)C. The predicted octanol–water partition coefficient (Wildman–Crippen LogP) is 1.43. The van der Waals surface area contributed by atoms with Crippen LogP contribution in [0.4, 0.5) is 5.82 Å². The van der Waals surface area contributed by atoms with Gasteiger partial charge in [-0.3, -0.25) is 9.69 Å². The molecule has 0 spiro atoms. The second-order valence-electron chi connectivity index (χ2n) is 6.23. The van der Waals surface area contributed by atoms with Crippen molar-refractivity contribution in [1.29, 1.82) is 0 Å². The van der Waals surface area contributed by atoms with Gasteiger partial charge in [0.2, 0.25) is 0 Å². The topological polar surface area (TPSA) is 68.7 Å². The summed E-state index contributed by atoms with van der Waals surface area (Å²) in [6, 6.07) is 4.51. The maximum Gasteiger partial charge on any atom is 0.255 e. The van der Waals surface area contributed by atoms with Gasteiger partial charge in [-0.25, -0.2) is 4.98 Å². The van der Waals surface area contributed by atoms with E-state index in [0.29, 0.717) is 30.0 Å². The fourth-order valence-electron chi connectivity index (χ4n) is 3.09. The van der Waals surface area contributed by atoms with Gasteiger partial charge in [-0.1, -0.05) is 6.92 Å². The number of aliphatic hydroxyl groups excluding tert-OH is 1. The van der Waals surface area contributed by atoms with Gasteiger partial charge in [-0.2, -0.15) is 0 Å². The number of carbonyl (C=O) groups is 1. The van der Waals surface area contributed by atoms with E-state index >= 15 is 0 Å². The molecule has 0 radical (unpaired) electrons. The number of aliphatic hydroxyl groups is 1. The van der Waals surface area contributed by atoms with Gasteiger partial charge in [0.25, 0.3) is 5.91 Å². The van der Waals surface area contributed by atoms with Gasteiger partial charge in [-0.05, 0) is 32.4 Å². The van der Waals surface area contributed by atoms with Crippen LogP contribution in [0.5, 0.6) is 0 Å². The van der Waals surface area contributed by atoms with Crippen molar-refractivity contribution < 1.29 is 9.90 Å². The average molecular weight is 320 g/mol. The van der Waals surface area contributed by atoms with Gasteiger partial charge >= 0.3 is 0 Å². The Hall–Kier alpha value is -1.66. The molecule has 2 heterocycles. The maximum absolute atomic E-state index is 12.7. The summed E-state index contributed by atoms with van der Waals surface area (Å²) < 4.78 is 0. The monoisotopic (exact) mass is 320 g/mol. The lowest BCUT2D eigenvalue weighted by molar-refractivity contribution is 0.0371. The second kappa shape index (κ2) is 8.26. The molecule has 23 heavy (non-hydrogen) atoms. The molecule has 6 nitrogen and oxygen atoms in total. The quantitative estimate of drug-likeness (QED) is 0.830. The standard InChI is InChI=1S/C17H28N4O2/c1-4-15-12-20(8-9-21(15)13(2)3)17(23)14-5-6-16(19-11-14)18-7-10-22/h5-6,11,13,15,22H,4,7-10,12H2,1-3H3,(H,18,19)/t15-/m0/s1. The molecule has 1 aromatic rings. The maximum atomic E-state index is 12.7. The fourth-order valence-corrected chi connectivity index (χ4v) is 3.09. The lowest BCUT2D eigenvalue weighted by Crippen LogP contribution is -2.56. The Morgan fingerprint density at radius 3 is 2.78 bits per heavy atom. The fraction of sp³-hybridized carbons (Fsp3) is 0.647. The minimum absolute atomic E-state index is 0.0491. The van der Waals surface area contributed by atoms with Crippen LogP contribution in [0.3, 0.4) is 0 Å². The summed E-state index contributed by atoms with van der Waals surface area (Å²) >= 11 is 0. The summed E-state index contributed by atoms with van der Waals surface area (Å²) in [7, 11) is 0. The number of nitrogens with zero attached hydrogens (tertiary/aromatic N) is 3. The Morgan fingerprint density at radius 1 is 1.43 bits per heavy atom. The van der Waals surface area contributed by atoms with Gasteiger partial charge < -0.3 is 15.3 Å². The predicted molar refractivity (Wildman–Crippen MR) is 91.6 cm³/mol. The van der Waals surface area contributed by atoms with Crippen LogP contribution in [0.1, 0.15) is 37.6 Å².